The van der Waals surface area contributed by atoms with Gasteiger partial charge < -0.3 is 19.0 Å². The summed E-state index contributed by atoms with van der Waals surface area (Å²) in [6, 6.07) is 8.57. The number of rotatable bonds is 3. The maximum Gasteiger partial charge on any atom is 0.338 e. The van der Waals surface area contributed by atoms with Crippen LogP contribution >= 0.6 is 15.9 Å². The first kappa shape index (κ1) is 17.5. The van der Waals surface area contributed by atoms with Gasteiger partial charge in [-0.3, -0.25) is 0 Å². The minimum absolute atomic E-state index is 0.345. The lowest BCUT2D eigenvalue weighted by atomic mass is 10.2. The van der Waals surface area contributed by atoms with Crippen molar-refractivity contribution in [2.24, 2.45) is 7.05 Å². The number of hydrogen-bond donors (Lipinski definition) is 1. The number of nitrogens with zero attached hydrogens (tertiary/aromatic N) is 2. The standard InChI is InChI=1S/C19H15BrFN3O3/c1-24-17-12(7-10(19(25)27-3)8-14(17)26-2)23-18(24)13-6-9-4-5-11(20)15(21)16(9)22-13/h4-8,22H,1-3H3. The molecule has 0 fully saturated rings. The largest absolute Gasteiger partial charge is 0.494 e. The van der Waals surface area contributed by atoms with Crippen molar-refractivity contribution in [3.05, 3.63) is 46.2 Å². The lowest BCUT2D eigenvalue weighted by molar-refractivity contribution is 0.0600. The van der Waals surface area contributed by atoms with E-state index >= 15 is 0 Å². The summed E-state index contributed by atoms with van der Waals surface area (Å²) in [7, 11) is 4.68. The summed E-state index contributed by atoms with van der Waals surface area (Å²) in [5.41, 5.74) is 2.70. The summed E-state index contributed by atoms with van der Waals surface area (Å²) in [6.07, 6.45) is 0. The van der Waals surface area contributed by atoms with Crippen molar-refractivity contribution in [1.29, 1.82) is 0 Å². The molecule has 6 nitrogen and oxygen atoms in total. The third-order valence-corrected chi connectivity index (χ3v) is 5.12. The quantitative estimate of drug-likeness (QED) is 0.487. The lowest BCUT2D eigenvalue weighted by Gasteiger charge is -2.07. The number of ether oxygens (including phenoxy) is 2. The molecule has 2 aromatic carbocycles. The minimum atomic E-state index is -0.472. The third-order valence-electron chi connectivity index (χ3n) is 4.50. The van der Waals surface area contributed by atoms with E-state index in [1.807, 2.05) is 23.7 Å². The van der Waals surface area contributed by atoms with Gasteiger partial charge in [-0.2, -0.15) is 0 Å². The molecule has 27 heavy (non-hydrogen) atoms. The number of benzene rings is 2. The molecule has 0 aliphatic heterocycles. The summed E-state index contributed by atoms with van der Waals surface area (Å²) >= 11 is 3.20. The maximum atomic E-state index is 14.4. The fourth-order valence-corrected chi connectivity index (χ4v) is 3.53. The van der Waals surface area contributed by atoms with Crippen molar-refractivity contribution >= 4 is 43.8 Å². The molecule has 0 unspecified atom stereocenters. The molecule has 1 N–H and O–H groups in total. The van der Waals surface area contributed by atoms with Crippen molar-refractivity contribution in [1.82, 2.24) is 14.5 Å². The molecule has 0 bridgehead atoms. The van der Waals surface area contributed by atoms with E-state index in [9.17, 15) is 9.18 Å². The number of imidazole rings is 1. The molecule has 2 heterocycles. The minimum Gasteiger partial charge on any atom is -0.494 e. The summed E-state index contributed by atoms with van der Waals surface area (Å²) in [5, 5.41) is 0.736. The molecule has 2 aromatic heterocycles. The molecular weight excluding hydrogens is 417 g/mol. The van der Waals surface area contributed by atoms with Crippen molar-refractivity contribution in [3.63, 3.8) is 0 Å². The summed E-state index contributed by atoms with van der Waals surface area (Å²) in [4.78, 5) is 19.6. The number of aromatic nitrogens is 3. The van der Waals surface area contributed by atoms with Gasteiger partial charge in [-0.15, -0.1) is 0 Å². The number of nitrogens with one attached hydrogen (secondary N) is 1. The zero-order valence-electron chi connectivity index (χ0n) is 14.8. The molecule has 4 rings (SSSR count). The zero-order chi connectivity index (χ0) is 19.3. The molecule has 0 aliphatic rings. The highest BCUT2D eigenvalue weighted by Crippen LogP contribution is 2.33. The van der Waals surface area contributed by atoms with Crippen LogP contribution in [0.15, 0.2) is 34.8 Å². The average Bonchev–Trinajstić information content (AvgIpc) is 3.25. The smallest absolute Gasteiger partial charge is 0.338 e. The number of aryl methyl sites for hydroxylation is 1. The molecule has 0 atom stereocenters. The fourth-order valence-electron chi connectivity index (χ4n) is 3.20. The molecule has 0 spiro atoms. The summed E-state index contributed by atoms with van der Waals surface area (Å²) < 4.78 is 26.8. The van der Waals surface area contributed by atoms with Crippen molar-refractivity contribution in [2.45, 2.75) is 0 Å². The van der Waals surface area contributed by atoms with Crippen molar-refractivity contribution in [2.75, 3.05) is 14.2 Å². The number of H-pyrrole nitrogens is 1. The summed E-state index contributed by atoms with van der Waals surface area (Å²) in [5.74, 6) is 0.263. The lowest BCUT2D eigenvalue weighted by Crippen LogP contribution is -2.02. The molecule has 0 saturated carbocycles. The van der Waals surface area contributed by atoms with E-state index in [1.54, 1.807) is 18.2 Å². The number of esters is 1. The van der Waals surface area contributed by atoms with Gasteiger partial charge in [0.1, 0.15) is 11.3 Å². The van der Waals surface area contributed by atoms with Gasteiger partial charge >= 0.3 is 5.97 Å². The van der Waals surface area contributed by atoms with Crippen LogP contribution in [0.3, 0.4) is 0 Å². The van der Waals surface area contributed by atoms with Gasteiger partial charge in [0.05, 0.1) is 41.0 Å². The Balaban J connectivity index is 1.96. The van der Waals surface area contributed by atoms with Crippen LogP contribution in [0.4, 0.5) is 4.39 Å². The van der Waals surface area contributed by atoms with Crippen molar-refractivity contribution < 1.29 is 18.7 Å². The molecule has 138 valence electrons. The Labute approximate surface area is 162 Å². The Morgan fingerprint density at radius 2 is 2.04 bits per heavy atom. The average molecular weight is 432 g/mol. The predicted octanol–water partition coefficient (Wildman–Crippen LogP) is 4.42. The first-order chi connectivity index (χ1) is 12.9. The number of carbonyl (C=O) groups is 1. The molecule has 4 aromatic rings. The third kappa shape index (κ3) is 2.68. The molecule has 0 radical (unpaired) electrons. The highest BCUT2D eigenvalue weighted by atomic mass is 79.9. The van der Waals surface area contributed by atoms with Gasteiger partial charge in [-0.05, 0) is 40.2 Å². The Kier molecular flexibility index (Phi) is 4.15. The van der Waals surface area contributed by atoms with Crippen LogP contribution in [-0.2, 0) is 11.8 Å². The van der Waals surface area contributed by atoms with E-state index in [2.05, 4.69) is 25.9 Å². The van der Waals surface area contributed by atoms with Crippen LogP contribution < -0.4 is 4.74 Å². The molecule has 8 heteroatoms. The van der Waals surface area contributed by atoms with Gasteiger partial charge in [0.2, 0.25) is 0 Å². The maximum absolute atomic E-state index is 14.4. The first-order valence-electron chi connectivity index (χ1n) is 8.04. The van der Waals surface area contributed by atoms with E-state index in [1.165, 1.54) is 14.2 Å². The van der Waals surface area contributed by atoms with Crippen LogP contribution in [-0.4, -0.2) is 34.7 Å². The Morgan fingerprint density at radius 3 is 2.74 bits per heavy atom. The number of methoxy groups -OCH3 is 2. The van der Waals surface area contributed by atoms with E-state index in [0.29, 0.717) is 38.3 Å². The number of aromatic amines is 1. The molecule has 0 aliphatic carbocycles. The Morgan fingerprint density at radius 1 is 1.26 bits per heavy atom. The second kappa shape index (κ2) is 6.38. The summed E-state index contributed by atoms with van der Waals surface area (Å²) in [6.45, 7) is 0. The zero-order valence-corrected chi connectivity index (χ0v) is 16.3. The highest BCUT2D eigenvalue weighted by molar-refractivity contribution is 9.10. The molecule has 0 saturated heterocycles. The van der Waals surface area contributed by atoms with Gasteiger partial charge in [-0.25, -0.2) is 14.2 Å². The van der Waals surface area contributed by atoms with Gasteiger partial charge in [0, 0.05) is 12.4 Å². The highest BCUT2D eigenvalue weighted by Gasteiger charge is 2.19. The second-order valence-electron chi connectivity index (χ2n) is 6.04. The topological polar surface area (TPSA) is 69.1 Å². The molecular formula is C19H15BrFN3O3. The van der Waals surface area contributed by atoms with E-state index in [-0.39, 0.29) is 5.82 Å². The first-order valence-corrected chi connectivity index (χ1v) is 8.83. The number of halogens is 2. The van der Waals surface area contributed by atoms with Crippen LogP contribution in [0, 0.1) is 5.82 Å². The van der Waals surface area contributed by atoms with Gasteiger partial charge in [0.15, 0.2) is 11.6 Å². The fraction of sp³-hybridized carbons (Fsp3) is 0.158. The van der Waals surface area contributed by atoms with Crippen LogP contribution in [0.2, 0.25) is 0 Å². The van der Waals surface area contributed by atoms with Crippen molar-refractivity contribution in [3.8, 4) is 17.3 Å². The second-order valence-corrected chi connectivity index (χ2v) is 6.90. The van der Waals surface area contributed by atoms with E-state index < -0.39 is 5.97 Å². The van der Waals surface area contributed by atoms with Gasteiger partial charge in [0.25, 0.3) is 0 Å². The number of fused-ring (bicyclic) bond motifs is 2. The number of carbonyl (C=O) groups excluding carboxylic acids is 1. The van der Waals surface area contributed by atoms with Gasteiger partial charge in [-0.1, -0.05) is 6.07 Å². The Hall–Kier alpha value is -2.87. The SMILES string of the molecule is COC(=O)c1cc(OC)c2c(c1)nc(-c1cc3ccc(Br)c(F)c3[nH]1)n2C. The monoisotopic (exact) mass is 431 g/mol. The van der Waals surface area contributed by atoms with E-state index in [4.69, 9.17) is 9.47 Å². The van der Waals surface area contributed by atoms with Crippen LogP contribution in [0.1, 0.15) is 10.4 Å². The predicted molar refractivity (Wildman–Crippen MR) is 104 cm³/mol. The molecule has 0 amide bonds. The van der Waals surface area contributed by atoms with E-state index in [0.717, 1.165) is 10.9 Å². The number of hydrogen-bond acceptors (Lipinski definition) is 4. The normalized spacial score (nSPS) is 11.3. The van der Waals surface area contributed by atoms with Crippen LogP contribution in [0.25, 0.3) is 33.5 Å². The Bertz CT molecular complexity index is 1210. The van der Waals surface area contributed by atoms with Crippen LogP contribution in [0.5, 0.6) is 5.75 Å².